The number of ether oxygens (including phenoxy) is 2. The van der Waals surface area contributed by atoms with Gasteiger partial charge in [0, 0.05) is 11.8 Å². The molecule has 0 radical (unpaired) electrons. The lowest BCUT2D eigenvalue weighted by Crippen LogP contribution is -2.49. The number of hydrogen-bond acceptors (Lipinski definition) is 4. The molecule has 1 fully saturated rings. The first-order valence-corrected chi connectivity index (χ1v) is 6.24. The van der Waals surface area contributed by atoms with E-state index in [-0.39, 0.29) is 5.60 Å². The van der Waals surface area contributed by atoms with Crippen LogP contribution in [0.5, 0.6) is 0 Å². The molecular weight excluding hydrogens is 228 g/mol. The minimum absolute atomic E-state index is 0.147. The molecule has 0 spiro atoms. The van der Waals surface area contributed by atoms with Crippen LogP contribution in [0.4, 0.5) is 0 Å². The molecule has 1 aromatic heterocycles. The smallest absolute Gasteiger partial charge is 0.151 e. The van der Waals surface area contributed by atoms with Crippen molar-refractivity contribution in [3.8, 4) is 0 Å². The molecule has 0 amide bonds. The minimum atomic E-state index is -0.147. The zero-order valence-electron chi connectivity index (χ0n) is 11.3. The van der Waals surface area contributed by atoms with Gasteiger partial charge < -0.3 is 9.47 Å². The Kier molecular flexibility index (Phi) is 3.78. The van der Waals surface area contributed by atoms with Crippen molar-refractivity contribution in [1.29, 1.82) is 0 Å². The average Bonchev–Trinajstić information content (AvgIpc) is 2.33. The van der Waals surface area contributed by atoms with Gasteiger partial charge in [-0.25, -0.2) is 9.97 Å². The van der Waals surface area contributed by atoms with Crippen molar-refractivity contribution >= 4 is 6.08 Å². The van der Waals surface area contributed by atoms with E-state index >= 15 is 0 Å². The molecule has 2 heterocycles. The maximum atomic E-state index is 5.88. The molecular formula is C14H20N2O2. The molecule has 4 nitrogen and oxygen atoms in total. The summed E-state index contributed by atoms with van der Waals surface area (Å²) in [5.74, 6) is 1.01. The van der Waals surface area contributed by atoms with Crippen LogP contribution in [-0.4, -0.2) is 28.8 Å². The molecule has 18 heavy (non-hydrogen) atoms. The van der Waals surface area contributed by atoms with Crippen molar-refractivity contribution in [1.82, 2.24) is 9.97 Å². The summed E-state index contributed by atoms with van der Waals surface area (Å²) in [5, 5.41) is 0. The summed E-state index contributed by atoms with van der Waals surface area (Å²) in [5.41, 5.74) is 1.93. The van der Waals surface area contributed by atoms with Crippen molar-refractivity contribution in [3.05, 3.63) is 29.9 Å². The first kappa shape index (κ1) is 13.2. The van der Waals surface area contributed by atoms with E-state index in [4.69, 9.17) is 9.47 Å². The van der Waals surface area contributed by atoms with E-state index in [1.165, 1.54) is 0 Å². The summed E-state index contributed by atoms with van der Waals surface area (Å²) in [6.45, 7) is 11.8. The van der Waals surface area contributed by atoms with Gasteiger partial charge in [-0.2, -0.15) is 0 Å². The lowest BCUT2D eigenvalue weighted by atomic mass is 10.0. The second-order valence-corrected chi connectivity index (χ2v) is 5.23. The fraction of sp³-hybridized carbons (Fsp3) is 0.571. The minimum Gasteiger partial charge on any atom is -0.375 e. The van der Waals surface area contributed by atoms with Gasteiger partial charge >= 0.3 is 0 Å². The molecule has 0 atom stereocenters. The van der Waals surface area contributed by atoms with Crippen LogP contribution < -0.4 is 0 Å². The lowest BCUT2D eigenvalue weighted by Gasteiger charge is -2.37. The van der Waals surface area contributed by atoms with E-state index in [1.807, 2.05) is 6.20 Å². The van der Waals surface area contributed by atoms with Gasteiger partial charge in [0.2, 0.25) is 0 Å². The van der Waals surface area contributed by atoms with Crippen LogP contribution >= 0.6 is 0 Å². The van der Waals surface area contributed by atoms with Gasteiger partial charge in [-0.05, 0) is 18.9 Å². The largest absolute Gasteiger partial charge is 0.375 e. The van der Waals surface area contributed by atoms with Crippen LogP contribution in [0, 0.1) is 0 Å². The number of rotatable bonds is 5. The van der Waals surface area contributed by atoms with Crippen LogP contribution in [0.25, 0.3) is 6.08 Å². The quantitative estimate of drug-likeness (QED) is 0.803. The van der Waals surface area contributed by atoms with Gasteiger partial charge in [0.05, 0.1) is 25.5 Å². The maximum absolute atomic E-state index is 5.88. The van der Waals surface area contributed by atoms with Crippen molar-refractivity contribution in [2.24, 2.45) is 0 Å². The summed E-state index contributed by atoms with van der Waals surface area (Å²) in [6, 6.07) is 0. The predicted octanol–water partition coefficient (Wildman–Crippen LogP) is 2.55. The van der Waals surface area contributed by atoms with Gasteiger partial charge in [0.15, 0.2) is 5.82 Å². The average molecular weight is 248 g/mol. The highest BCUT2D eigenvalue weighted by Gasteiger charge is 2.34. The molecule has 0 saturated carbocycles. The van der Waals surface area contributed by atoms with E-state index < -0.39 is 0 Å². The Bertz CT molecular complexity index is 439. The van der Waals surface area contributed by atoms with E-state index in [2.05, 4.69) is 37.3 Å². The monoisotopic (exact) mass is 248 g/mol. The van der Waals surface area contributed by atoms with Crippen LogP contribution in [0.15, 0.2) is 12.8 Å². The third-order valence-electron chi connectivity index (χ3n) is 3.04. The fourth-order valence-corrected chi connectivity index (χ4v) is 1.87. The van der Waals surface area contributed by atoms with Crippen molar-refractivity contribution in [2.75, 3.05) is 13.2 Å². The molecule has 0 aromatic carbocycles. The topological polar surface area (TPSA) is 44.2 Å². The number of nitrogens with zero attached hydrogens (tertiary/aromatic N) is 2. The molecule has 4 heteroatoms. The molecule has 2 rings (SSSR count). The van der Waals surface area contributed by atoms with E-state index in [0.29, 0.717) is 31.6 Å². The second kappa shape index (κ2) is 5.16. The molecule has 1 aliphatic heterocycles. The first-order valence-electron chi connectivity index (χ1n) is 6.24. The Hall–Kier alpha value is -1.26. The normalized spacial score (nSPS) is 17.6. The van der Waals surface area contributed by atoms with Gasteiger partial charge in [0.1, 0.15) is 5.60 Å². The molecule has 1 aliphatic rings. The Labute approximate surface area is 108 Å². The molecule has 0 aliphatic carbocycles. The van der Waals surface area contributed by atoms with E-state index in [0.717, 1.165) is 11.3 Å². The maximum Gasteiger partial charge on any atom is 0.151 e. The zero-order valence-corrected chi connectivity index (χ0v) is 11.3. The Morgan fingerprint density at radius 3 is 2.78 bits per heavy atom. The lowest BCUT2D eigenvalue weighted by molar-refractivity contribution is -0.204. The SMILES string of the molecule is C=Cc1ncc(COC2(C)COC2)c(C(C)C)n1. The summed E-state index contributed by atoms with van der Waals surface area (Å²) in [4.78, 5) is 8.74. The van der Waals surface area contributed by atoms with Crippen molar-refractivity contribution < 1.29 is 9.47 Å². The van der Waals surface area contributed by atoms with Gasteiger partial charge in [-0.15, -0.1) is 0 Å². The summed E-state index contributed by atoms with van der Waals surface area (Å²) in [7, 11) is 0. The third kappa shape index (κ3) is 2.76. The van der Waals surface area contributed by atoms with Crippen LogP contribution in [0.2, 0.25) is 0 Å². The van der Waals surface area contributed by atoms with Gasteiger partial charge in [-0.1, -0.05) is 20.4 Å². The van der Waals surface area contributed by atoms with Crippen molar-refractivity contribution in [2.45, 2.75) is 38.9 Å². The summed E-state index contributed by atoms with van der Waals surface area (Å²) >= 11 is 0. The Morgan fingerprint density at radius 2 is 2.28 bits per heavy atom. The number of aromatic nitrogens is 2. The molecule has 98 valence electrons. The van der Waals surface area contributed by atoms with Crippen LogP contribution in [0.1, 0.15) is 43.8 Å². The Morgan fingerprint density at radius 1 is 1.56 bits per heavy atom. The first-order chi connectivity index (χ1) is 8.54. The molecule has 1 aromatic rings. The zero-order chi connectivity index (χ0) is 13.2. The number of hydrogen-bond donors (Lipinski definition) is 0. The third-order valence-corrected chi connectivity index (χ3v) is 3.04. The highest BCUT2D eigenvalue weighted by atomic mass is 16.6. The van der Waals surface area contributed by atoms with Gasteiger partial charge in [0.25, 0.3) is 0 Å². The highest BCUT2D eigenvalue weighted by molar-refractivity contribution is 5.37. The standard InChI is InChI=1S/C14H20N2O2/c1-5-12-15-6-11(13(16-12)10(2)3)7-18-14(4)8-17-9-14/h5-6,10H,1,7-9H2,2-4H3. The fourth-order valence-electron chi connectivity index (χ4n) is 1.87. The molecule has 1 saturated heterocycles. The predicted molar refractivity (Wildman–Crippen MR) is 70.2 cm³/mol. The van der Waals surface area contributed by atoms with E-state index in [9.17, 15) is 0 Å². The molecule has 0 unspecified atom stereocenters. The van der Waals surface area contributed by atoms with Gasteiger partial charge in [-0.3, -0.25) is 0 Å². The van der Waals surface area contributed by atoms with E-state index in [1.54, 1.807) is 6.08 Å². The Balaban J connectivity index is 2.13. The summed E-state index contributed by atoms with van der Waals surface area (Å²) < 4.78 is 11.1. The highest BCUT2D eigenvalue weighted by Crippen LogP contribution is 2.24. The molecule has 0 bridgehead atoms. The van der Waals surface area contributed by atoms with Crippen LogP contribution in [-0.2, 0) is 16.1 Å². The van der Waals surface area contributed by atoms with Crippen LogP contribution in [0.3, 0.4) is 0 Å². The summed E-state index contributed by atoms with van der Waals surface area (Å²) in [6.07, 6.45) is 3.50. The van der Waals surface area contributed by atoms with Crippen molar-refractivity contribution in [3.63, 3.8) is 0 Å². The molecule has 0 N–H and O–H groups in total. The second-order valence-electron chi connectivity index (χ2n) is 5.23.